The fourth-order valence-electron chi connectivity index (χ4n) is 2.45. The van der Waals surface area contributed by atoms with Gasteiger partial charge >= 0.3 is 0 Å². The number of nitrogens with zero attached hydrogens (tertiary/aromatic N) is 3. The highest BCUT2D eigenvalue weighted by Gasteiger charge is 2.20. The van der Waals surface area contributed by atoms with E-state index in [1.165, 1.54) is 16.9 Å². The summed E-state index contributed by atoms with van der Waals surface area (Å²) in [5, 5.41) is 0.759. The Morgan fingerprint density at radius 1 is 1.15 bits per heavy atom. The van der Waals surface area contributed by atoms with Crippen LogP contribution in [0.1, 0.15) is 10.4 Å². The lowest BCUT2D eigenvalue weighted by molar-refractivity contribution is -0.118. The van der Waals surface area contributed by atoms with E-state index < -0.39 is 0 Å². The summed E-state index contributed by atoms with van der Waals surface area (Å²) in [7, 11) is 4.01. The highest BCUT2D eigenvalue weighted by atomic mass is 35.5. The molecule has 8 heteroatoms. The molecule has 0 aliphatic rings. The Bertz CT molecular complexity index is 892. The predicted octanol–water partition coefficient (Wildman–Crippen LogP) is 4.88. The van der Waals surface area contributed by atoms with Crippen LogP contribution in [0.5, 0.6) is 0 Å². The number of aryl methyl sites for hydroxylation is 1. The normalized spacial score (nSPS) is 11.0. The molecule has 4 nitrogen and oxygen atoms in total. The number of carbonyl (C=O) groups excluding carboxylic acids is 1. The maximum Gasteiger partial charge on any atom is 0.234 e. The molecule has 0 fully saturated rings. The van der Waals surface area contributed by atoms with Gasteiger partial charge in [-0.05, 0) is 50.8 Å². The molecule has 0 saturated heterocycles. The number of aromatic nitrogens is 1. The van der Waals surface area contributed by atoms with E-state index >= 15 is 0 Å². The Morgan fingerprint density at radius 2 is 1.92 bits per heavy atom. The Labute approximate surface area is 172 Å². The third-order valence-electron chi connectivity index (χ3n) is 3.79. The molecule has 3 aromatic rings. The van der Waals surface area contributed by atoms with Crippen LogP contribution in [0.3, 0.4) is 0 Å². The number of halogens is 2. The number of benzene rings is 1. The number of thiophene rings is 1. The minimum Gasteiger partial charge on any atom is -0.308 e. The first-order chi connectivity index (χ1) is 11.9. The number of fused-ring (bicyclic) bond motifs is 1. The summed E-state index contributed by atoms with van der Waals surface area (Å²) in [5.74, 6) is 0.0520. The molecule has 3 rings (SSSR count). The van der Waals surface area contributed by atoms with Crippen molar-refractivity contribution >= 4 is 67.9 Å². The minimum atomic E-state index is 0. The van der Waals surface area contributed by atoms with Crippen molar-refractivity contribution in [3.05, 3.63) is 45.1 Å². The predicted molar refractivity (Wildman–Crippen MR) is 116 cm³/mol. The second-order valence-electron chi connectivity index (χ2n) is 6.20. The quantitative estimate of drug-likeness (QED) is 0.559. The molecule has 0 saturated carbocycles. The van der Waals surface area contributed by atoms with Crippen LogP contribution in [0.15, 0.2) is 30.3 Å². The first-order valence-corrected chi connectivity index (χ1v) is 10.00. The summed E-state index contributed by atoms with van der Waals surface area (Å²) in [5.41, 5.74) is 2.13. The number of rotatable bonds is 6. The highest BCUT2D eigenvalue weighted by Crippen LogP contribution is 2.30. The summed E-state index contributed by atoms with van der Waals surface area (Å²) in [4.78, 5) is 22.4. The first-order valence-electron chi connectivity index (χ1n) is 7.99. The molecule has 0 atom stereocenters. The zero-order chi connectivity index (χ0) is 18.0. The van der Waals surface area contributed by atoms with Gasteiger partial charge in [0.2, 0.25) is 5.91 Å². The van der Waals surface area contributed by atoms with Gasteiger partial charge in [0, 0.05) is 18.0 Å². The Balaban J connectivity index is 0.00000243. The van der Waals surface area contributed by atoms with E-state index in [0.29, 0.717) is 17.3 Å². The fourth-order valence-corrected chi connectivity index (χ4v) is 4.64. The third-order valence-corrected chi connectivity index (χ3v) is 6.06. The number of amides is 1. The third kappa shape index (κ3) is 5.18. The second kappa shape index (κ2) is 9.15. The summed E-state index contributed by atoms with van der Waals surface area (Å²) in [6.45, 7) is 3.46. The molecule has 26 heavy (non-hydrogen) atoms. The van der Waals surface area contributed by atoms with Crippen LogP contribution in [-0.4, -0.2) is 43.0 Å². The number of likely N-dealkylation sites (N-methyl/N-ethyl adjacent to an activating group) is 1. The molecule has 0 radical (unpaired) electrons. The lowest BCUT2D eigenvalue weighted by Crippen LogP contribution is -2.37. The molecule has 140 valence electrons. The molecule has 0 aliphatic heterocycles. The molecule has 0 unspecified atom stereocenters. The topological polar surface area (TPSA) is 36.4 Å². The van der Waals surface area contributed by atoms with Crippen molar-refractivity contribution in [2.24, 2.45) is 0 Å². The summed E-state index contributed by atoms with van der Waals surface area (Å²) < 4.78 is 1.81. The largest absolute Gasteiger partial charge is 0.308 e. The smallest absolute Gasteiger partial charge is 0.234 e. The molecular weight excluding hydrogens is 409 g/mol. The average molecular weight is 430 g/mol. The van der Waals surface area contributed by atoms with Crippen molar-refractivity contribution in [1.82, 2.24) is 9.88 Å². The van der Waals surface area contributed by atoms with Crippen molar-refractivity contribution in [2.45, 2.75) is 13.3 Å². The van der Waals surface area contributed by atoms with E-state index in [0.717, 1.165) is 26.8 Å². The summed E-state index contributed by atoms with van der Waals surface area (Å²) >= 11 is 9.01. The molecular formula is C18H21Cl2N3OS2. The zero-order valence-electron chi connectivity index (χ0n) is 14.9. The molecule has 1 aromatic carbocycles. The second-order valence-corrected chi connectivity index (χ2v) is 9.01. The summed E-state index contributed by atoms with van der Waals surface area (Å²) in [6, 6.07) is 9.92. The van der Waals surface area contributed by atoms with Crippen molar-refractivity contribution in [3.63, 3.8) is 0 Å². The van der Waals surface area contributed by atoms with Crippen molar-refractivity contribution in [1.29, 1.82) is 0 Å². The van der Waals surface area contributed by atoms with E-state index in [9.17, 15) is 4.79 Å². The maximum absolute atomic E-state index is 12.9. The van der Waals surface area contributed by atoms with Gasteiger partial charge in [-0.2, -0.15) is 0 Å². The molecule has 0 N–H and O–H groups in total. The van der Waals surface area contributed by atoms with Crippen molar-refractivity contribution in [3.8, 4) is 0 Å². The van der Waals surface area contributed by atoms with Gasteiger partial charge in [-0.15, -0.1) is 23.7 Å². The first kappa shape index (κ1) is 21.1. The zero-order valence-corrected chi connectivity index (χ0v) is 18.1. The molecule has 0 aliphatic carbocycles. The van der Waals surface area contributed by atoms with Crippen LogP contribution in [0, 0.1) is 6.92 Å². The highest BCUT2D eigenvalue weighted by molar-refractivity contribution is 7.22. The van der Waals surface area contributed by atoms with Gasteiger partial charge in [0.15, 0.2) is 5.13 Å². The fraction of sp³-hybridized carbons (Fsp3) is 0.333. The van der Waals surface area contributed by atoms with E-state index in [2.05, 4.69) is 22.9 Å². The van der Waals surface area contributed by atoms with Gasteiger partial charge in [0.25, 0.3) is 0 Å². The van der Waals surface area contributed by atoms with Crippen LogP contribution in [0.25, 0.3) is 10.2 Å². The standard InChI is InChI=1S/C18H20ClN3OS2.ClH/c1-12-4-6-14-15(10-12)25-18(20-14)22(9-8-21(2)3)17(23)11-13-5-7-16(19)24-13;/h4-7,10H,8-9,11H2,1-3H3;1H. The van der Waals surface area contributed by atoms with Crippen molar-refractivity contribution < 1.29 is 4.79 Å². The van der Waals surface area contributed by atoms with Crippen LogP contribution in [-0.2, 0) is 11.2 Å². The molecule has 0 bridgehead atoms. The van der Waals surface area contributed by atoms with Crippen LogP contribution >= 0.6 is 46.7 Å². The number of thiazole rings is 1. The van der Waals surface area contributed by atoms with Gasteiger partial charge < -0.3 is 4.90 Å². The van der Waals surface area contributed by atoms with Crippen LogP contribution in [0.2, 0.25) is 4.34 Å². The number of anilines is 1. The van der Waals surface area contributed by atoms with Gasteiger partial charge in [-0.3, -0.25) is 9.69 Å². The van der Waals surface area contributed by atoms with Crippen LogP contribution < -0.4 is 4.90 Å². The number of hydrogen-bond donors (Lipinski definition) is 0. The molecule has 1 amide bonds. The Kier molecular flexibility index (Phi) is 7.43. The van der Waals surface area contributed by atoms with E-state index in [1.54, 1.807) is 16.2 Å². The van der Waals surface area contributed by atoms with Gasteiger partial charge in [0.1, 0.15) is 0 Å². The van der Waals surface area contributed by atoms with Gasteiger partial charge in [-0.1, -0.05) is 29.0 Å². The van der Waals surface area contributed by atoms with Gasteiger partial charge in [0.05, 0.1) is 21.0 Å². The van der Waals surface area contributed by atoms with E-state index in [4.69, 9.17) is 11.6 Å². The van der Waals surface area contributed by atoms with Gasteiger partial charge in [-0.25, -0.2) is 4.98 Å². The summed E-state index contributed by atoms with van der Waals surface area (Å²) in [6.07, 6.45) is 0.347. The number of carbonyl (C=O) groups is 1. The van der Waals surface area contributed by atoms with E-state index in [-0.39, 0.29) is 18.3 Å². The number of hydrogen-bond acceptors (Lipinski definition) is 5. The minimum absolute atomic E-state index is 0. The lowest BCUT2D eigenvalue weighted by Gasteiger charge is -2.21. The average Bonchev–Trinajstić information content (AvgIpc) is 3.12. The Hall–Kier alpha value is -1.18. The molecule has 2 heterocycles. The monoisotopic (exact) mass is 429 g/mol. The maximum atomic E-state index is 12.9. The lowest BCUT2D eigenvalue weighted by atomic mass is 10.2. The van der Waals surface area contributed by atoms with E-state index in [1.807, 2.05) is 38.4 Å². The van der Waals surface area contributed by atoms with Crippen LogP contribution in [0.4, 0.5) is 5.13 Å². The SMILES string of the molecule is Cc1ccc2nc(N(CCN(C)C)C(=O)Cc3ccc(Cl)s3)sc2c1.Cl. The molecule has 0 spiro atoms. The molecule has 2 aromatic heterocycles. The van der Waals surface area contributed by atoms with Crippen molar-refractivity contribution in [2.75, 3.05) is 32.1 Å². The Morgan fingerprint density at radius 3 is 2.58 bits per heavy atom.